The fourth-order valence-corrected chi connectivity index (χ4v) is 1.91. The van der Waals surface area contributed by atoms with Crippen molar-refractivity contribution in [1.29, 1.82) is 0 Å². The molecule has 1 aliphatic rings. The highest BCUT2D eigenvalue weighted by Crippen LogP contribution is 2.21. The molecule has 0 unspecified atom stereocenters. The van der Waals surface area contributed by atoms with Crippen molar-refractivity contribution < 1.29 is 24.1 Å². The van der Waals surface area contributed by atoms with Crippen molar-refractivity contribution in [2.24, 2.45) is 0 Å². The minimum Gasteiger partial charge on any atom is -0.494 e. The van der Waals surface area contributed by atoms with Gasteiger partial charge in [0.2, 0.25) is 0 Å². The monoisotopic (exact) mass is 255 g/mol. The topological polar surface area (TPSA) is 70.0 Å². The number of methoxy groups -OCH3 is 1. The lowest BCUT2D eigenvalue weighted by Gasteiger charge is -2.15. The molecule has 1 amide bonds. The van der Waals surface area contributed by atoms with Crippen molar-refractivity contribution in [3.05, 3.63) is 29.6 Å². The summed E-state index contributed by atoms with van der Waals surface area (Å²) in [6, 6.07) is 3.79. The molecule has 98 valence electrons. The van der Waals surface area contributed by atoms with E-state index in [9.17, 15) is 19.4 Å². The van der Waals surface area contributed by atoms with E-state index in [0.29, 0.717) is 0 Å². The van der Waals surface area contributed by atoms with Crippen LogP contribution in [0.25, 0.3) is 0 Å². The first-order valence-electron chi connectivity index (χ1n) is 5.52. The van der Waals surface area contributed by atoms with E-state index >= 15 is 0 Å². The highest BCUT2D eigenvalue weighted by molar-refractivity contribution is 5.94. The summed E-state index contributed by atoms with van der Waals surface area (Å²) < 4.78 is 18.0. The van der Waals surface area contributed by atoms with Crippen LogP contribution in [0.15, 0.2) is 18.2 Å². The number of β-amino-alcohol motifs (C(OH)–C–C–N with tert-alkyl or cyclic N) is 2. The summed E-state index contributed by atoms with van der Waals surface area (Å²) in [5.41, 5.74) is 0.259. The Morgan fingerprint density at radius 1 is 1.39 bits per heavy atom. The van der Waals surface area contributed by atoms with Crippen LogP contribution in [0.3, 0.4) is 0 Å². The van der Waals surface area contributed by atoms with E-state index in [1.165, 1.54) is 24.1 Å². The molecule has 5 nitrogen and oxygen atoms in total. The molecule has 18 heavy (non-hydrogen) atoms. The van der Waals surface area contributed by atoms with E-state index in [1.807, 2.05) is 0 Å². The quantitative estimate of drug-likeness (QED) is 0.781. The van der Waals surface area contributed by atoms with Crippen molar-refractivity contribution in [3.63, 3.8) is 0 Å². The Morgan fingerprint density at radius 2 is 2.00 bits per heavy atom. The van der Waals surface area contributed by atoms with Crippen LogP contribution in [0.1, 0.15) is 10.4 Å². The highest BCUT2D eigenvalue weighted by atomic mass is 19.1. The lowest BCUT2D eigenvalue weighted by molar-refractivity contribution is 0.0572. The van der Waals surface area contributed by atoms with Crippen LogP contribution < -0.4 is 4.74 Å². The standard InChI is InChI=1S/C12H14FNO4/c1-18-11-4-7(2-3-8(11)13)12(17)14-5-9(15)10(16)6-14/h2-4,9-10,15-16H,5-6H2,1H3/t9-,10+. The number of benzene rings is 1. The molecule has 0 spiro atoms. The second-order valence-corrected chi connectivity index (χ2v) is 4.19. The zero-order valence-electron chi connectivity index (χ0n) is 9.84. The van der Waals surface area contributed by atoms with Crippen molar-refractivity contribution in [1.82, 2.24) is 4.90 Å². The molecule has 0 saturated carbocycles. The summed E-state index contributed by atoms with van der Waals surface area (Å²) in [7, 11) is 1.32. The molecular formula is C12H14FNO4. The number of ether oxygens (including phenoxy) is 1. The normalized spacial score (nSPS) is 23.2. The molecule has 0 aromatic heterocycles. The first-order chi connectivity index (χ1) is 8.52. The number of aliphatic hydroxyl groups excluding tert-OH is 2. The maximum atomic E-state index is 13.2. The van der Waals surface area contributed by atoms with E-state index in [4.69, 9.17) is 4.74 Å². The fourth-order valence-electron chi connectivity index (χ4n) is 1.91. The van der Waals surface area contributed by atoms with Crippen molar-refractivity contribution in [2.75, 3.05) is 20.2 Å². The summed E-state index contributed by atoms with van der Waals surface area (Å²) in [5.74, 6) is -0.930. The number of likely N-dealkylation sites (tertiary alicyclic amines) is 1. The van der Waals surface area contributed by atoms with Gasteiger partial charge in [0.25, 0.3) is 5.91 Å². The van der Waals surface area contributed by atoms with E-state index in [0.717, 1.165) is 6.07 Å². The van der Waals surface area contributed by atoms with Gasteiger partial charge in [-0.15, -0.1) is 0 Å². The summed E-state index contributed by atoms with van der Waals surface area (Å²) in [4.78, 5) is 13.4. The van der Waals surface area contributed by atoms with Crippen LogP contribution in [-0.2, 0) is 0 Å². The molecule has 0 bridgehead atoms. The van der Waals surface area contributed by atoms with Crippen molar-refractivity contribution >= 4 is 5.91 Å². The van der Waals surface area contributed by atoms with Gasteiger partial charge in [0.1, 0.15) is 0 Å². The molecular weight excluding hydrogens is 241 g/mol. The number of aliphatic hydroxyl groups is 2. The van der Waals surface area contributed by atoms with Gasteiger partial charge in [-0.05, 0) is 18.2 Å². The Kier molecular flexibility index (Phi) is 3.49. The summed E-state index contributed by atoms with van der Waals surface area (Å²) in [5, 5.41) is 18.8. The number of nitrogens with zero attached hydrogens (tertiary/aromatic N) is 1. The minimum absolute atomic E-state index is 0.0128. The summed E-state index contributed by atoms with van der Waals surface area (Å²) in [6.45, 7) is 0.138. The molecule has 1 aliphatic heterocycles. The Balaban J connectivity index is 2.19. The predicted molar refractivity (Wildman–Crippen MR) is 60.9 cm³/mol. The van der Waals surface area contributed by atoms with Crippen LogP contribution in [0, 0.1) is 5.82 Å². The second-order valence-electron chi connectivity index (χ2n) is 4.19. The van der Waals surface area contributed by atoms with E-state index < -0.39 is 18.0 Å². The predicted octanol–water partition coefficient (Wildman–Crippen LogP) is 0.0119. The van der Waals surface area contributed by atoms with Gasteiger partial charge in [-0.2, -0.15) is 0 Å². The highest BCUT2D eigenvalue weighted by Gasteiger charge is 2.33. The second kappa shape index (κ2) is 4.91. The van der Waals surface area contributed by atoms with Gasteiger partial charge in [-0.3, -0.25) is 4.79 Å². The van der Waals surface area contributed by atoms with Gasteiger partial charge < -0.3 is 19.8 Å². The molecule has 1 aromatic carbocycles. The molecule has 2 N–H and O–H groups in total. The lowest BCUT2D eigenvalue weighted by Crippen LogP contribution is -2.29. The Bertz CT molecular complexity index is 455. The van der Waals surface area contributed by atoms with Crippen LogP contribution in [0.5, 0.6) is 5.75 Å². The SMILES string of the molecule is COc1cc(C(=O)N2C[C@@H](O)[C@@H](O)C2)ccc1F. The largest absolute Gasteiger partial charge is 0.494 e. The van der Waals surface area contributed by atoms with Crippen LogP contribution in [0.2, 0.25) is 0 Å². The molecule has 1 heterocycles. The first-order valence-corrected chi connectivity index (χ1v) is 5.52. The average Bonchev–Trinajstić information content (AvgIpc) is 2.69. The van der Waals surface area contributed by atoms with Gasteiger partial charge >= 0.3 is 0 Å². The third-order valence-electron chi connectivity index (χ3n) is 2.94. The van der Waals surface area contributed by atoms with Crippen LogP contribution >= 0.6 is 0 Å². The molecule has 1 fully saturated rings. The lowest BCUT2D eigenvalue weighted by atomic mass is 10.2. The molecule has 2 rings (SSSR count). The van der Waals surface area contributed by atoms with Gasteiger partial charge in [0.15, 0.2) is 11.6 Å². The Morgan fingerprint density at radius 3 is 2.56 bits per heavy atom. The molecule has 2 atom stereocenters. The number of halogens is 1. The maximum absolute atomic E-state index is 13.2. The molecule has 1 saturated heterocycles. The third kappa shape index (κ3) is 2.30. The average molecular weight is 255 g/mol. The number of amides is 1. The number of hydrogen-bond donors (Lipinski definition) is 2. The number of rotatable bonds is 2. The molecule has 0 radical (unpaired) electrons. The maximum Gasteiger partial charge on any atom is 0.254 e. The number of hydrogen-bond acceptors (Lipinski definition) is 4. The van der Waals surface area contributed by atoms with E-state index in [-0.39, 0.29) is 30.3 Å². The van der Waals surface area contributed by atoms with Gasteiger partial charge in [-0.25, -0.2) is 4.39 Å². The summed E-state index contributed by atoms with van der Waals surface area (Å²) in [6.07, 6.45) is -1.87. The molecule has 6 heteroatoms. The van der Waals surface area contributed by atoms with Gasteiger partial charge in [0.05, 0.1) is 19.3 Å². The minimum atomic E-state index is -0.934. The smallest absolute Gasteiger partial charge is 0.254 e. The number of carbonyl (C=O) groups is 1. The third-order valence-corrected chi connectivity index (χ3v) is 2.94. The summed E-state index contributed by atoms with van der Waals surface area (Å²) >= 11 is 0. The van der Waals surface area contributed by atoms with E-state index in [2.05, 4.69) is 0 Å². The van der Waals surface area contributed by atoms with Crippen LogP contribution in [-0.4, -0.2) is 53.4 Å². The number of carbonyl (C=O) groups excluding carboxylic acids is 1. The van der Waals surface area contributed by atoms with Crippen molar-refractivity contribution in [3.8, 4) is 5.75 Å². The molecule has 0 aliphatic carbocycles. The zero-order chi connectivity index (χ0) is 13.3. The molecule has 1 aromatic rings. The fraction of sp³-hybridized carbons (Fsp3) is 0.417. The van der Waals surface area contributed by atoms with E-state index in [1.54, 1.807) is 0 Å². The van der Waals surface area contributed by atoms with Gasteiger partial charge in [-0.1, -0.05) is 0 Å². The van der Waals surface area contributed by atoms with Crippen molar-refractivity contribution in [2.45, 2.75) is 12.2 Å². The Hall–Kier alpha value is -1.66. The zero-order valence-corrected chi connectivity index (χ0v) is 9.84. The van der Waals surface area contributed by atoms with Gasteiger partial charge in [0, 0.05) is 18.7 Å². The Labute approximate surface area is 103 Å². The first kappa shape index (κ1) is 12.8. The van der Waals surface area contributed by atoms with Crippen LogP contribution in [0.4, 0.5) is 4.39 Å².